The molecule has 1 aliphatic rings. The maximum Gasteiger partial charge on any atom is 0.225 e. The largest absolute Gasteiger partial charge is 0.396 e. The molecule has 0 aromatic carbocycles. The fourth-order valence-corrected chi connectivity index (χ4v) is 1.36. The number of hydrogen-bond donors (Lipinski definition) is 1. The van der Waals surface area contributed by atoms with Crippen LogP contribution >= 0.6 is 0 Å². The van der Waals surface area contributed by atoms with Crippen LogP contribution in [0.5, 0.6) is 0 Å². The summed E-state index contributed by atoms with van der Waals surface area (Å²) in [5.74, 6) is 0.829. The third-order valence-corrected chi connectivity index (χ3v) is 2.45. The first-order valence-electron chi connectivity index (χ1n) is 4.54. The Hall–Kier alpha value is -1.32. The third kappa shape index (κ3) is 1.32. The van der Waals surface area contributed by atoms with Crippen LogP contribution < -0.4 is 10.6 Å². The second kappa shape index (κ2) is 2.87. The molecule has 1 aromatic rings. The SMILES string of the molecule is Cc1nc(N2CCC2)nc(C)c1N. The van der Waals surface area contributed by atoms with Gasteiger partial charge < -0.3 is 10.6 Å². The van der Waals surface area contributed by atoms with Gasteiger partial charge in [-0.2, -0.15) is 0 Å². The van der Waals surface area contributed by atoms with Crippen molar-refractivity contribution in [2.45, 2.75) is 20.3 Å². The van der Waals surface area contributed by atoms with Gasteiger partial charge in [-0.3, -0.25) is 0 Å². The summed E-state index contributed by atoms with van der Waals surface area (Å²) in [6.07, 6.45) is 1.24. The lowest BCUT2D eigenvalue weighted by Gasteiger charge is -2.31. The van der Waals surface area contributed by atoms with E-state index in [1.54, 1.807) is 0 Å². The molecule has 0 amide bonds. The van der Waals surface area contributed by atoms with E-state index in [2.05, 4.69) is 14.9 Å². The number of aromatic nitrogens is 2. The lowest BCUT2D eigenvalue weighted by atomic mass is 10.2. The molecule has 4 nitrogen and oxygen atoms in total. The third-order valence-electron chi connectivity index (χ3n) is 2.45. The van der Waals surface area contributed by atoms with Crippen molar-refractivity contribution in [2.75, 3.05) is 23.7 Å². The second-order valence-electron chi connectivity index (χ2n) is 3.45. The molecule has 1 aliphatic heterocycles. The fraction of sp³-hybridized carbons (Fsp3) is 0.556. The van der Waals surface area contributed by atoms with Crippen molar-refractivity contribution in [3.63, 3.8) is 0 Å². The monoisotopic (exact) mass is 178 g/mol. The van der Waals surface area contributed by atoms with Gasteiger partial charge in [0.2, 0.25) is 5.95 Å². The molecule has 4 heteroatoms. The Balaban J connectivity index is 2.37. The van der Waals surface area contributed by atoms with Crippen LogP contribution in [-0.4, -0.2) is 23.1 Å². The molecule has 2 heterocycles. The number of anilines is 2. The lowest BCUT2D eigenvalue weighted by Crippen LogP contribution is -2.38. The maximum atomic E-state index is 5.77. The van der Waals surface area contributed by atoms with Crippen molar-refractivity contribution >= 4 is 11.6 Å². The number of hydrogen-bond acceptors (Lipinski definition) is 4. The summed E-state index contributed by atoms with van der Waals surface area (Å²) in [5, 5.41) is 0. The maximum absolute atomic E-state index is 5.77. The van der Waals surface area contributed by atoms with E-state index in [1.165, 1.54) is 6.42 Å². The molecular weight excluding hydrogens is 164 g/mol. The van der Waals surface area contributed by atoms with Crippen LogP contribution in [0.15, 0.2) is 0 Å². The fourth-order valence-electron chi connectivity index (χ4n) is 1.36. The van der Waals surface area contributed by atoms with Gasteiger partial charge in [-0.05, 0) is 20.3 Å². The van der Waals surface area contributed by atoms with Crippen molar-refractivity contribution in [2.24, 2.45) is 0 Å². The van der Waals surface area contributed by atoms with Crippen LogP contribution in [0.4, 0.5) is 11.6 Å². The second-order valence-corrected chi connectivity index (χ2v) is 3.45. The lowest BCUT2D eigenvalue weighted by molar-refractivity contribution is 0.598. The average molecular weight is 178 g/mol. The van der Waals surface area contributed by atoms with Gasteiger partial charge >= 0.3 is 0 Å². The Morgan fingerprint density at radius 1 is 1.15 bits per heavy atom. The summed E-state index contributed by atoms with van der Waals surface area (Å²) in [5.41, 5.74) is 8.25. The predicted octanol–water partition coefficient (Wildman–Crippen LogP) is 0.886. The van der Waals surface area contributed by atoms with E-state index in [0.717, 1.165) is 30.4 Å². The summed E-state index contributed by atoms with van der Waals surface area (Å²) in [6, 6.07) is 0. The van der Waals surface area contributed by atoms with Gasteiger partial charge in [0, 0.05) is 13.1 Å². The molecule has 1 saturated heterocycles. The average Bonchev–Trinajstić information content (AvgIpc) is 1.96. The van der Waals surface area contributed by atoms with E-state index in [1.807, 2.05) is 13.8 Å². The summed E-state index contributed by atoms with van der Waals surface area (Å²) in [6.45, 7) is 5.99. The van der Waals surface area contributed by atoms with Gasteiger partial charge in [-0.1, -0.05) is 0 Å². The van der Waals surface area contributed by atoms with Crippen LogP contribution in [0, 0.1) is 13.8 Å². The predicted molar refractivity (Wildman–Crippen MR) is 52.7 cm³/mol. The first-order valence-corrected chi connectivity index (χ1v) is 4.54. The van der Waals surface area contributed by atoms with Gasteiger partial charge in [0.15, 0.2) is 0 Å². The van der Waals surface area contributed by atoms with Gasteiger partial charge in [0.05, 0.1) is 17.1 Å². The summed E-state index contributed by atoms with van der Waals surface area (Å²) >= 11 is 0. The quantitative estimate of drug-likeness (QED) is 0.693. The Labute approximate surface area is 77.8 Å². The molecule has 0 radical (unpaired) electrons. The van der Waals surface area contributed by atoms with Crippen LogP contribution in [0.2, 0.25) is 0 Å². The zero-order chi connectivity index (χ0) is 9.42. The molecule has 13 heavy (non-hydrogen) atoms. The molecule has 0 bridgehead atoms. The highest BCUT2D eigenvalue weighted by molar-refractivity contribution is 5.50. The van der Waals surface area contributed by atoms with E-state index in [0.29, 0.717) is 5.69 Å². The van der Waals surface area contributed by atoms with E-state index in [4.69, 9.17) is 5.73 Å². The van der Waals surface area contributed by atoms with Crippen LogP contribution in [0.25, 0.3) is 0 Å². The van der Waals surface area contributed by atoms with Gasteiger partial charge in [-0.25, -0.2) is 9.97 Å². The smallest absolute Gasteiger partial charge is 0.225 e. The standard InChI is InChI=1S/C9H14N4/c1-6-8(10)7(2)12-9(11-6)13-4-3-5-13/h3-5,10H2,1-2H3. The number of nitrogens with zero attached hydrogens (tertiary/aromatic N) is 3. The van der Waals surface area contributed by atoms with Crippen LogP contribution in [0.3, 0.4) is 0 Å². The van der Waals surface area contributed by atoms with Crippen molar-refractivity contribution in [3.8, 4) is 0 Å². The van der Waals surface area contributed by atoms with E-state index in [-0.39, 0.29) is 0 Å². The first kappa shape index (κ1) is 8.29. The minimum atomic E-state index is 0.712. The molecule has 2 rings (SSSR count). The van der Waals surface area contributed by atoms with Crippen molar-refractivity contribution in [3.05, 3.63) is 11.4 Å². The number of nitrogen functional groups attached to an aromatic ring is 1. The van der Waals surface area contributed by atoms with E-state index < -0.39 is 0 Å². The Morgan fingerprint density at radius 3 is 2.08 bits per heavy atom. The van der Waals surface area contributed by atoms with Crippen molar-refractivity contribution < 1.29 is 0 Å². The topological polar surface area (TPSA) is 55.0 Å². The molecule has 0 unspecified atom stereocenters. The minimum absolute atomic E-state index is 0.712. The molecule has 1 fully saturated rings. The zero-order valence-corrected chi connectivity index (χ0v) is 8.04. The van der Waals surface area contributed by atoms with Gasteiger partial charge in [-0.15, -0.1) is 0 Å². The summed E-state index contributed by atoms with van der Waals surface area (Å²) in [7, 11) is 0. The summed E-state index contributed by atoms with van der Waals surface area (Å²) in [4.78, 5) is 10.9. The highest BCUT2D eigenvalue weighted by atomic mass is 15.3. The number of aryl methyl sites for hydroxylation is 2. The highest BCUT2D eigenvalue weighted by Crippen LogP contribution is 2.20. The van der Waals surface area contributed by atoms with E-state index in [9.17, 15) is 0 Å². The normalized spacial score (nSPS) is 15.7. The Morgan fingerprint density at radius 2 is 1.69 bits per heavy atom. The van der Waals surface area contributed by atoms with Crippen molar-refractivity contribution in [1.82, 2.24) is 9.97 Å². The Bertz CT molecular complexity index is 307. The van der Waals surface area contributed by atoms with Crippen LogP contribution in [0.1, 0.15) is 17.8 Å². The molecule has 2 N–H and O–H groups in total. The summed E-state index contributed by atoms with van der Waals surface area (Å²) < 4.78 is 0. The van der Waals surface area contributed by atoms with Gasteiger partial charge in [0.25, 0.3) is 0 Å². The highest BCUT2D eigenvalue weighted by Gasteiger charge is 2.18. The molecule has 0 aliphatic carbocycles. The van der Waals surface area contributed by atoms with E-state index >= 15 is 0 Å². The van der Waals surface area contributed by atoms with Crippen molar-refractivity contribution in [1.29, 1.82) is 0 Å². The Kier molecular flexibility index (Phi) is 1.83. The number of nitrogens with two attached hydrogens (primary N) is 1. The minimum Gasteiger partial charge on any atom is -0.396 e. The molecule has 0 atom stereocenters. The molecule has 70 valence electrons. The molecule has 0 saturated carbocycles. The molecule has 0 spiro atoms. The van der Waals surface area contributed by atoms with Crippen LogP contribution in [-0.2, 0) is 0 Å². The molecule has 1 aromatic heterocycles. The molecular formula is C9H14N4. The first-order chi connectivity index (χ1) is 6.18. The number of rotatable bonds is 1. The zero-order valence-electron chi connectivity index (χ0n) is 8.04. The van der Waals surface area contributed by atoms with Gasteiger partial charge in [0.1, 0.15) is 0 Å².